The predicted octanol–water partition coefficient (Wildman–Crippen LogP) is 5.95. The molecular weight excluding hydrogens is 374 g/mol. The van der Waals surface area contributed by atoms with Gasteiger partial charge < -0.3 is 14.4 Å². The Morgan fingerprint density at radius 3 is 2.30 bits per heavy atom. The number of unbranched alkanes of at least 4 members (excludes halogenated alkanes) is 1. The Morgan fingerprint density at radius 1 is 0.967 bits per heavy atom. The summed E-state index contributed by atoms with van der Waals surface area (Å²) in [5.74, 6) is 2.56. The molecule has 1 aromatic carbocycles. The summed E-state index contributed by atoms with van der Waals surface area (Å²) in [4.78, 5) is 14.0. The van der Waals surface area contributed by atoms with Crippen LogP contribution in [0.2, 0.25) is 0 Å². The van der Waals surface area contributed by atoms with Crippen LogP contribution >= 0.6 is 0 Å². The van der Waals surface area contributed by atoms with Crippen LogP contribution < -0.4 is 4.74 Å². The van der Waals surface area contributed by atoms with Crippen molar-refractivity contribution in [3.05, 3.63) is 29.8 Å². The molecule has 1 aromatic rings. The van der Waals surface area contributed by atoms with Gasteiger partial charge in [0.15, 0.2) is 0 Å². The molecule has 168 valence electrons. The zero-order valence-corrected chi connectivity index (χ0v) is 19.1. The monoisotopic (exact) mass is 415 g/mol. The van der Waals surface area contributed by atoms with Gasteiger partial charge in [0.05, 0.1) is 12.7 Å². The number of likely N-dealkylation sites (tertiary alicyclic amines) is 1. The lowest BCUT2D eigenvalue weighted by Gasteiger charge is -2.32. The summed E-state index contributed by atoms with van der Waals surface area (Å²) < 4.78 is 11.2. The van der Waals surface area contributed by atoms with E-state index in [1.54, 1.807) is 0 Å². The second-order valence-electron chi connectivity index (χ2n) is 9.12. The summed E-state index contributed by atoms with van der Waals surface area (Å²) in [6.07, 6.45) is 11.8. The van der Waals surface area contributed by atoms with Gasteiger partial charge in [-0.3, -0.25) is 4.79 Å². The molecular formula is C26H41NO3. The van der Waals surface area contributed by atoms with Crippen molar-refractivity contribution in [2.75, 3.05) is 26.2 Å². The van der Waals surface area contributed by atoms with Gasteiger partial charge in [0.2, 0.25) is 0 Å². The van der Waals surface area contributed by atoms with Crippen molar-refractivity contribution >= 4 is 5.97 Å². The molecule has 4 heteroatoms. The van der Waals surface area contributed by atoms with Crippen molar-refractivity contribution in [3.8, 4) is 5.75 Å². The Balaban J connectivity index is 1.34. The van der Waals surface area contributed by atoms with E-state index in [2.05, 4.69) is 36.1 Å². The van der Waals surface area contributed by atoms with E-state index in [0.717, 1.165) is 44.1 Å². The average Bonchev–Trinajstić information content (AvgIpc) is 2.78. The smallest absolute Gasteiger partial charge is 0.305 e. The fourth-order valence-corrected chi connectivity index (χ4v) is 5.00. The summed E-state index contributed by atoms with van der Waals surface area (Å²) in [5, 5.41) is 0. The molecule has 0 radical (unpaired) electrons. The molecule has 0 unspecified atom stereocenters. The van der Waals surface area contributed by atoms with Crippen LogP contribution in [0.5, 0.6) is 5.75 Å². The largest absolute Gasteiger partial charge is 0.490 e. The molecule has 0 aromatic heterocycles. The fraction of sp³-hybridized carbons (Fsp3) is 0.731. The second-order valence-corrected chi connectivity index (χ2v) is 9.12. The SMILES string of the molecule is CCOC(=O)CCCCN1CCC(c2ccc(OC3CCC(CC)CC3)cc2)CC1. The van der Waals surface area contributed by atoms with Crippen LogP contribution in [0.15, 0.2) is 24.3 Å². The summed E-state index contributed by atoms with van der Waals surface area (Å²) in [5.41, 5.74) is 1.46. The van der Waals surface area contributed by atoms with Gasteiger partial charge in [0, 0.05) is 6.42 Å². The van der Waals surface area contributed by atoms with Gasteiger partial charge in [-0.15, -0.1) is 0 Å². The maximum absolute atomic E-state index is 11.4. The molecule has 30 heavy (non-hydrogen) atoms. The summed E-state index contributed by atoms with van der Waals surface area (Å²) in [6.45, 7) is 8.06. The first-order chi connectivity index (χ1) is 14.7. The van der Waals surface area contributed by atoms with E-state index < -0.39 is 0 Å². The predicted molar refractivity (Wildman–Crippen MR) is 122 cm³/mol. The summed E-state index contributed by atoms with van der Waals surface area (Å²) in [6, 6.07) is 8.94. The molecule has 1 saturated carbocycles. The number of carbonyl (C=O) groups excluding carboxylic acids is 1. The third-order valence-corrected chi connectivity index (χ3v) is 7.02. The molecule has 1 aliphatic heterocycles. The van der Waals surface area contributed by atoms with Gasteiger partial charge in [-0.1, -0.05) is 25.5 Å². The lowest BCUT2D eigenvalue weighted by molar-refractivity contribution is -0.143. The fourth-order valence-electron chi connectivity index (χ4n) is 5.00. The number of hydrogen-bond acceptors (Lipinski definition) is 4. The zero-order chi connectivity index (χ0) is 21.2. The number of esters is 1. The van der Waals surface area contributed by atoms with Crippen molar-refractivity contribution in [3.63, 3.8) is 0 Å². The minimum absolute atomic E-state index is 0.0581. The quantitative estimate of drug-likeness (QED) is 0.350. The van der Waals surface area contributed by atoms with E-state index in [0.29, 0.717) is 25.0 Å². The number of hydrogen-bond donors (Lipinski definition) is 0. The molecule has 0 spiro atoms. The topological polar surface area (TPSA) is 38.8 Å². The highest BCUT2D eigenvalue weighted by atomic mass is 16.5. The number of piperidine rings is 1. The van der Waals surface area contributed by atoms with Crippen LogP contribution in [0, 0.1) is 5.92 Å². The molecule has 0 bridgehead atoms. The van der Waals surface area contributed by atoms with E-state index in [9.17, 15) is 4.79 Å². The molecule has 2 fully saturated rings. The summed E-state index contributed by atoms with van der Waals surface area (Å²) >= 11 is 0. The number of nitrogens with zero attached hydrogens (tertiary/aromatic N) is 1. The lowest BCUT2D eigenvalue weighted by Crippen LogP contribution is -2.33. The van der Waals surface area contributed by atoms with Crippen LogP contribution in [0.25, 0.3) is 0 Å². The molecule has 1 aliphatic carbocycles. The summed E-state index contributed by atoms with van der Waals surface area (Å²) in [7, 11) is 0. The van der Waals surface area contributed by atoms with E-state index in [1.165, 1.54) is 50.5 Å². The molecule has 0 amide bonds. The van der Waals surface area contributed by atoms with Gasteiger partial charge in [-0.05, 0) is 107 Å². The highest BCUT2D eigenvalue weighted by molar-refractivity contribution is 5.69. The van der Waals surface area contributed by atoms with Crippen LogP contribution in [0.1, 0.15) is 89.5 Å². The van der Waals surface area contributed by atoms with Crippen LogP contribution in [0.4, 0.5) is 0 Å². The van der Waals surface area contributed by atoms with Crippen molar-refractivity contribution in [1.82, 2.24) is 4.90 Å². The molecule has 1 saturated heterocycles. The highest BCUT2D eigenvalue weighted by Gasteiger charge is 2.22. The van der Waals surface area contributed by atoms with Gasteiger partial charge in [-0.25, -0.2) is 0 Å². The van der Waals surface area contributed by atoms with Crippen molar-refractivity contribution in [2.45, 2.75) is 90.1 Å². The Kier molecular flexibility index (Phi) is 9.51. The van der Waals surface area contributed by atoms with Crippen LogP contribution in [0.3, 0.4) is 0 Å². The van der Waals surface area contributed by atoms with Crippen LogP contribution in [-0.4, -0.2) is 43.2 Å². The van der Waals surface area contributed by atoms with Gasteiger partial charge in [0.25, 0.3) is 0 Å². The van der Waals surface area contributed by atoms with E-state index in [-0.39, 0.29) is 5.97 Å². The lowest BCUT2D eigenvalue weighted by atomic mass is 9.86. The standard InChI is InChI=1S/C26H41NO3/c1-3-21-8-12-24(13-9-21)30-25-14-10-22(11-15-25)23-16-19-27(20-17-23)18-6-5-7-26(28)29-4-2/h10-11,14-15,21,23-24H,3-9,12-13,16-20H2,1-2H3. The zero-order valence-electron chi connectivity index (χ0n) is 19.1. The Labute approximate surface area is 183 Å². The van der Waals surface area contributed by atoms with E-state index in [4.69, 9.17) is 9.47 Å². The molecule has 2 aliphatic rings. The van der Waals surface area contributed by atoms with Crippen LogP contribution in [-0.2, 0) is 9.53 Å². The molecule has 1 heterocycles. The Bertz CT molecular complexity index is 614. The average molecular weight is 416 g/mol. The highest BCUT2D eigenvalue weighted by Crippen LogP contribution is 2.32. The van der Waals surface area contributed by atoms with Crippen molar-refractivity contribution in [2.24, 2.45) is 5.92 Å². The maximum atomic E-state index is 11.4. The van der Waals surface area contributed by atoms with Gasteiger partial charge in [-0.2, -0.15) is 0 Å². The first-order valence-electron chi connectivity index (χ1n) is 12.3. The maximum Gasteiger partial charge on any atom is 0.305 e. The normalized spacial score (nSPS) is 23.3. The van der Waals surface area contributed by atoms with Crippen molar-refractivity contribution < 1.29 is 14.3 Å². The number of ether oxygens (including phenoxy) is 2. The number of benzene rings is 1. The first-order valence-corrected chi connectivity index (χ1v) is 12.3. The van der Waals surface area contributed by atoms with E-state index in [1.807, 2.05) is 6.92 Å². The number of carbonyl (C=O) groups is 1. The van der Waals surface area contributed by atoms with Gasteiger partial charge >= 0.3 is 5.97 Å². The molecule has 0 N–H and O–H groups in total. The minimum Gasteiger partial charge on any atom is -0.490 e. The third-order valence-electron chi connectivity index (χ3n) is 7.02. The first kappa shape index (κ1) is 23.1. The Morgan fingerprint density at radius 2 is 1.67 bits per heavy atom. The van der Waals surface area contributed by atoms with E-state index >= 15 is 0 Å². The molecule has 4 nitrogen and oxygen atoms in total. The molecule has 3 rings (SSSR count). The molecule has 0 atom stereocenters. The van der Waals surface area contributed by atoms with Crippen molar-refractivity contribution in [1.29, 1.82) is 0 Å². The minimum atomic E-state index is -0.0581. The second kappa shape index (κ2) is 12.3. The van der Waals surface area contributed by atoms with Gasteiger partial charge in [0.1, 0.15) is 5.75 Å². The third kappa shape index (κ3) is 7.30. The number of rotatable bonds is 10. The Hall–Kier alpha value is -1.55.